The molecule has 2 aromatic rings. The van der Waals surface area contributed by atoms with Crippen molar-refractivity contribution in [2.45, 2.75) is 15.5 Å². The molecule has 0 aromatic heterocycles. The number of hydrogen-bond donors (Lipinski definition) is 0. The zero-order valence-corrected chi connectivity index (χ0v) is 12.8. The van der Waals surface area contributed by atoms with Crippen molar-refractivity contribution in [3.63, 3.8) is 0 Å². The molecule has 6 heteroatoms. The first-order valence-electron chi connectivity index (χ1n) is 6.01. The van der Waals surface area contributed by atoms with Crippen LogP contribution in [0.25, 0.3) is 0 Å². The normalized spacial score (nSPS) is 11.1. The van der Waals surface area contributed by atoms with E-state index in [1.807, 2.05) is 6.07 Å². The van der Waals surface area contributed by atoms with Crippen molar-refractivity contribution in [1.29, 1.82) is 5.26 Å². The lowest BCUT2D eigenvalue weighted by atomic mass is 10.1. The van der Waals surface area contributed by atoms with Crippen molar-refractivity contribution < 1.29 is 12.8 Å². The smallest absolute Gasteiger partial charge is 0.175 e. The van der Waals surface area contributed by atoms with E-state index >= 15 is 0 Å². The molecule has 0 aliphatic carbocycles. The highest BCUT2D eigenvalue weighted by Crippen LogP contribution is 2.26. The third-order valence-electron chi connectivity index (χ3n) is 2.83. The molecule has 0 aliphatic rings. The maximum atomic E-state index is 13.2. The summed E-state index contributed by atoms with van der Waals surface area (Å²) in [5.41, 5.74) is 1.06. The molecule has 0 atom stereocenters. The Kier molecular flexibility index (Phi) is 4.66. The predicted octanol–water partition coefficient (Wildman–Crippen LogP) is 3.39. The molecule has 2 rings (SSSR count). The third kappa shape index (κ3) is 4.06. The minimum Gasteiger partial charge on any atom is -0.224 e. The van der Waals surface area contributed by atoms with Gasteiger partial charge in [0.25, 0.3) is 0 Å². The van der Waals surface area contributed by atoms with Crippen molar-refractivity contribution in [1.82, 2.24) is 0 Å². The number of hydrogen-bond acceptors (Lipinski definition) is 4. The summed E-state index contributed by atoms with van der Waals surface area (Å²) in [6.07, 6.45) is 1.15. The second kappa shape index (κ2) is 6.29. The van der Waals surface area contributed by atoms with E-state index in [4.69, 9.17) is 5.26 Å². The van der Waals surface area contributed by atoms with Crippen LogP contribution in [0.15, 0.2) is 52.3 Å². The molecule has 3 nitrogen and oxygen atoms in total. The van der Waals surface area contributed by atoms with E-state index in [2.05, 4.69) is 0 Å². The van der Waals surface area contributed by atoms with Crippen LogP contribution in [-0.2, 0) is 15.6 Å². The average Bonchev–Trinajstić information content (AvgIpc) is 2.45. The summed E-state index contributed by atoms with van der Waals surface area (Å²) in [5, 5.41) is 8.98. The largest absolute Gasteiger partial charge is 0.224 e. The number of nitriles is 1. The first-order valence-corrected chi connectivity index (χ1v) is 8.89. The average molecular weight is 321 g/mol. The minimum atomic E-state index is -3.20. The maximum absolute atomic E-state index is 13.2. The van der Waals surface area contributed by atoms with Gasteiger partial charge in [-0.2, -0.15) is 5.26 Å². The Bertz CT molecular complexity index is 793. The Labute approximate surface area is 127 Å². The van der Waals surface area contributed by atoms with Crippen LogP contribution in [-0.4, -0.2) is 14.7 Å². The van der Waals surface area contributed by atoms with Gasteiger partial charge in [-0.1, -0.05) is 0 Å². The van der Waals surface area contributed by atoms with Crippen molar-refractivity contribution in [3.8, 4) is 6.07 Å². The van der Waals surface area contributed by atoms with E-state index in [1.54, 1.807) is 12.1 Å². The lowest BCUT2D eigenvalue weighted by Gasteiger charge is -2.05. The Hall–Kier alpha value is -1.84. The lowest BCUT2D eigenvalue weighted by molar-refractivity contribution is 0.602. The van der Waals surface area contributed by atoms with Crippen LogP contribution in [0.3, 0.4) is 0 Å². The second-order valence-electron chi connectivity index (χ2n) is 4.45. The summed E-state index contributed by atoms with van der Waals surface area (Å²) in [5.74, 6) is 0.0656. The topological polar surface area (TPSA) is 57.9 Å². The maximum Gasteiger partial charge on any atom is 0.175 e. The molecule has 0 fully saturated rings. The number of benzene rings is 2. The van der Waals surface area contributed by atoms with Gasteiger partial charge in [0.1, 0.15) is 5.82 Å². The third-order valence-corrected chi connectivity index (χ3v) is 5.02. The first kappa shape index (κ1) is 15.5. The molecule has 0 aliphatic heterocycles. The van der Waals surface area contributed by atoms with E-state index < -0.39 is 9.84 Å². The fourth-order valence-electron chi connectivity index (χ4n) is 1.73. The lowest BCUT2D eigenvalue weighted by Crippen LogP contribution is -1.96. The van der Waals surface area contributed by atoms with Gasteiger partial charge in [0, 0.05) is 16.9 Å². The summed E-state index contributed by atoms with van der Waals surface area (Å²) in [6, 6.07) is 12.6. The van der Waals surface area contributed by atoms with Crippen molar-refractivity contribution in [2.24, 2.45) is 0 Å². The Morgan fingerprint density at radius 3 is 2.43 bits per heavy atom. The fraction of sp³-hybridized carbons (Fsp3) is 0.133. The van der Waals surface area contributed by atoms with E-state index in [-0.39, 0.29) is 10.7 Å². The summed E-state index contributed by atoms with van der Waals surface area (Å²) >= 11 is 1.42. The number of rotatable bonds is 4. The summed E-state index contributed by atoms with van der Waals surface area (Å²) in [6.45, 7) is 0. The zero-order chi connectivity index (χ0) is 15.5. The van der Waals surface area contributed by atoms with Gasteiger partial charge >= 0.3 is 0 Å². The van der Waals surface area contributed by atoms with E-state index in [0.29, 0.717) is 16.9 Å². The number of nitrogens with zero attached hydrogens (tertiary/aromatic N) is 1. The van der Waals surface area contributed by atoms with Gasteiger partial charge in [-0.3, -0.25) is 0 Å². The highest BCUT2D eigenvalue weighted by atomic mass is 32.2. The summed E-state index contributed by atoms with van der Waals surface area (Å²) < 4.78 is 35.9. The molecule has 0 bridgehead atoms. The van der Waals surface area contributed by atoms with Crippen molar-refractivity contribution in [2.75, 3.05) is 6.26 Å². The molecule has 0 heterocycles. The highest BCUT2D eigenvalue weighted by Gasteiger charge is 2.08. The van der Waals surface area contributed by atoms with Crippen LogP contribution in [0.2, 0.25) is 0 Å². The van der Waals surface area contributed by atoms with E-state index in [9.17, 15) is 12.8 Å². The van der Waals surface area contributed by atoms with E-state index in [0.717, 1.165) is 11.2 Å². The molecule has 2 aromatic carbocycles. The Balaban J connectivity index is 2.14. The Morgan fingerprint density at radius 1 is 1.19 bits per heavy atom. The van der Waals surface area contributed by atoms with Gasteiger partial charge in [0.15, 0.2) is 9.84 Å². The summed E-state index contributed by atoms with van der Waals surface area (Å²) in [4.78, 5) is 1.12. The van der Waals surface area contributed by atoms with Crippen molar-refractivity contribution >= 4 is 21.6 Å². The molecule has 0 saturated heterocycles. The number of halogens is 1. The first-order chi connectivity index (χ1) is 9.90. The zero-order valence-electron chi connectivity index (χ0n) is 11.2. The molecule has 0 amide bonds. The Morgan fingerprint density at radius 2 is 1.86 bits per heavy atom. The van der Waals surface area contributed by atoms with Crippen LogP contribution in [0, 0.1) is 17.1 Å². The molecule has 0 spiro atoms. The van der Waals surface area contributed by atoms with Crippen LogP contribution < -0.4 is 0 Å². The molecule has 21 heavy (non-hydrogen) atoms. The highest BCUT2D eigenvalue weighted by molar-refractivity contribution is 7.98. The van der Waals surface area contributed by atoms with E-state index in [1.165, 1.54) is 42.1 Å². The van der Waals surface area contributed by atoms with Gasteiger partial charge in [-0.25, -0.2) is 12.8 Å². The van der Waals surface area contributed by atoms with Gasteiger partial charge in [-0.15, -0.1) is 11.8 Å². The molecule has 0 saturated carbocycles. The van der Waals surface area contributed by atoms with Gasteiger partial charge in [0.2, 0.25) is 0 Å². The quantitative estimate of drug-likeness (QED) is 0.810. The molecule has 108 valence electrons. The minimum absolute atomic E-state index is 0.260. The van der Waals surface area contributed by atoms with Crippen LogP contribution in [0.5, 0.6) is 0 Å². The SMILES string of the molecule is CS(=O)(=O)c1ccc(SCc2cc(F)ccc2C#N)cc1. The molecule has 0 radical (unpaired) electrons. The standard InChI is InChI=1S/C15H12FNO2S2/c1-21(18,19)15-6-4-14(5-7-15)20-10-12-8-13(16)3-2-11(12)9-17/h2-8H,10H2,1H3. The van der Waals surface area contributed by atoms with Gasteiger partial charge in [0.05, 0.1) is 16.5 Å². The number of sulfone groups is 1. The van der Waals surface area contributed by atoms with Crippen molar-refractivity contribution in [3.05, 3.63) is 59.4 Å². The second-order valence-corrected chi connectivity index (χ2v) is 7.51. The molecule has 0 N–H and O–H groups in total. The number of thioether (sulfide) groups is 1. The van der Waals surface area contributed by atoms with Crippen LogP contribution >= 0.6 is 11.8 Å². The fourth-order valence-corrected chi connectivity index (χ4v) is 3.25. The van der Waals surface area contributed by atoms with Crippen LogP contribution in [0.1, 0.15) is 11.1 Å². The molecular weight excluding hydrogens is 309 g/mol. The monoisotopic (exact) mass is 321 g/mol. The predicted molar refractivity (Wildman–Crippen MR) is 80.2 cm³/mol. The summed E-state index contributed by atoms with van der Waals surface area (Å²) in [7, 11) is -3.20. The van der Waals surface area contributed by atoms with Gasteiger partial charge < -0.3 is 0 Å². The molecule has 0 unspecified atom stereocenters. The molecular formula is C15H12FNO2S2. The van der Waals surface area contributed by atoms with Crippen LogP contribution in [0.4, 0.5) is 4.39 Å². The van der Waals surface area contributed by atoms with Gasteiger partial charge in [-0.05, 0) is 48.0 Å².